The fourth-order valence-electron chi connectivity index (χ4n) is 8.82. The van der Waals surface area contributed by atoms with Crippen molar-refractivity contribution in [1.29, 1.82) is 0 Å². The highest BCUT2D eigenvalue weighted by molar-refractivity contribution is 14.1. The predicted molar refractivity (Wildman–Crippen MR) is 318 cm³/mol. The molecule has 0 N–H and O–H groups in total. The molecule has 76 heavy (non-hydrogen) atoms. The summed E-state index contributed by atoms with van der Waals surface area (Å²) in [6, 6.07) is 3.58. The minimum Gasteiger partial charge on any atom is -0.400 e. The quantitative estimate of drug-likeness (QED) is 0.0675. The Morgan fingerprint density at radius 1 is 0.566 bits per heavy atom. The number of ketones is 1. The Labute approximate surface area is 472 Å². The van der Waals surface area contributed by atoms with Crippen molar-refractivity contribution < 1.29 is 47.3 Å². The molecule has 6 aliphatic rings. The number of nitrogens with zero attached hydrogens (tertiary/aromatic N) is 6. The largest absolute Gasteiger partial charge is 0.490 e. The molecule has 9 rings (SSSR count). The van der Waals surface area contributed by atoms with E-state index in [1.807, 2.05) is 51.1 Å². The van der Waals surface area contributed by atoms with Crippen LogP contribution in [0.1, 0.15) is 96.6 Å². The summed E-state index contributed by atoms with van der Waals surface area (Å²) in [6.07, 6.45) is 25.5. The van der Waals surface area contributed by atoms with E-state index in [0.717, 1.165) is 87.1 Å². The van der Waals surface area contributed by atoms with E-state index in [2.05, 4.69) is 143 Å². The first-order valence-electron chi connectivity index (χ1n) is 27.7. The van der Waals surface area contributed by atoms with Gasteiger partial charge in [-0.05, 0) is 104 Å². The van der Waals surface area contributed by atoms with Crippen molar-refractivity contribution in [2.45, 2.75) is 206 Å². The molecule has 3 aliphatic carbocycles. The Kier molecular flexibility index (Phi) is 23.0. The van der Waals surface area contributed by atoms with Crippen molar-refractivity contribution in [2.75, 3.05) is 46.2 Å². The lowest BCUT2D eigenvalue weighted by molar-refractivity contribution is -0.161. The number of hydrogen-bond acceptors (Lipinski definition) is 13. The number of carbonyl (C=O) groups is 1. The highest BCUT2D eigenvalue weighted by atomic mass is 127. The molecule has 16 nitrogen and oxygen atoms in total. The number of hydrogen-bond donors (Lipinski definition) is 0. The third kappa shape index (κ3) is 20.6. The lowest BCUT2D eigenvalue weighted by Crippen LogP contribution is -2.41. The van der Waals surface area contributed by atoms with Gasteiger partial charge in [-0.3, -0.25) is 4.79 Å². The zero-order valence-electron chi connectivity index (χ0n) is 48.5. The van der Waals surface area contributed by atoms with Crippen LogP contribution in [0.4, 0.5) is 0 Å². The van der Waals surface area contributed by atoms with Gasteiger partial charge in [-0.15, -0.1) is 0 Å². The highest BCUT2D eigenvalue weighted by Gasteiger charge is 2.53. The van der Waals surface area contributed by atoms with E-state index < -0.39 is 24.2 Å². The second-order valence-electron chi connectivity index (χ2n) is 25.5. The van der Waals surface area contributed by atoms with Gasteiger partial charge in [0, 0.05) is 112 Å². The second-order valence-corrected chi connectivity index (χ2v) is 43.6. The minimum atomic E-state index is -1.02. The maximum Gasteiger partial charge on any atom is 0.490 e. The number of ether oxygens (including phenoxy) is 7. The van der Waals surface area contributed by atoms with Crippen molar-refractivity contribution in [3.63, 3.8) is 0 Å². The Hall–Kier alpha value is -2.39. The standard InChI is InChI=1S/C17H28N2O3Si.C15H24N2O2Si.C14H23BO4.C9H17IN2OSi/c1-23(2,3)11-10-20-14-19-13-16(12-18-19)15-4-6-17(7-5-15)21-8-9-22-17;1-20(2,3)9-8-19-12-17-11-14(10-16-17)13-4-6-15(18)7-5-13;1-12(2)13(3,4)19-15(18-12)11-5-7-14(8-6-11)16-9-10-17-14;1-14(2,3)5-4-13-8-12-7-9(10)6-11-12/h4,12-13H,5-11,14H2,1-3H3;4,10-11H,5-9,12H2,1-3H3;5H,6-10H2,1-4H3;6-7H,4-5,8H2,1-3H3. The SMILES string of the molecule is CC1(C)OB(C2=CCC3(CC2)OCCO3)OC1(C)C.C[Si](C)(C)CCOCn1cc(C2=CCC(=O)CC2)cn1.C[Si](C)(C)CCOCn1cc(C2=CCC3(CC2)OCCO3)cn1.C[Si](C)(C)CCOCn1cc(I)cn1. The monoisotopic (exact) mass is 1220 g/mol. The van der Waals surface area contributed by atoms with Crippen molar-refractivity contribution in [3.05, 3.63) is 75.6 Å². The smallest absolute Gasteiger partial charge is 0.400 e. The predicted octanol–water partition coefficient (Wildman–Crippen LogP) is 12.1. The molecule has 3 aromatic heterocycles. The number of allylic oxidation sites excluding steroid dienone is 4. The Morgan fingerprint density at radius 2 is 0.987 bits per heavy atom. The van der Waals surface area contributed by atoms with Crippen LogP contribution < -0.4 is 0 Å². The van der Waals surface area contributed by atoms with Gasteiger partial charge in [0.2, 0.25) is 0 Å². The molecule has 0 amide bonds. The lowest BCUT2D eigenvalue weighted by Gasteiger charge is -2.32. The van der Waals surface area contributed by atoms with E-state index in [1.165, 1.54) is 40.3 Å². The minimum absolute atomic E-state index is 0.219. The normalized spacial score (nSPS) is 20.8. The molecule has 3 aliphatic heterocycles. The molecule has 0 radical (unpaired) electrons. The zero-order valence-corrected chi connectivity index (χ0v) is 53.6. The number of aromatic nitrogens is 6. The number of halogens is 1. The Balaban J connectivity index is 0.000000167. The lowest BCUT2D eigenvalue weighted by atomic mass is 9.71. The first kappa shape index (κ1) is 62.8. The summed E-state index contributed by atoms with van der Waals surface area (Å²) in [4.78, 5) is 11.2. The van der Waals surface area contributed by atoms with Crippen LogP contribution in [0.15, 0.2) is 60.9 Å². The van der Waals surface area contributed by atoms with Crippen LogP contribution in [-0.2, 0) is 67.5 Å². The first-order chi connectivity index (χ1) is 35.7. The van der Waals surface area contributed by atoms with Gasteiger partial charge in [-0.2, -0.15) is 15.3 Å². The topological polar surface area (TPSA) is 154 Å². The number of rotatable bonds is 18. The molecule has 3 fully saturated rings. The van der Waals surface area contributed by atoms with Crippen LogP contribution in [0.3, 0.4) is 0 Å². The van der Waals surface area contributed by atoms with E-state index in [9.17, 15) is 4.79 Å². The molecule has 0 bridgehead atoms. The summed E-state index contributed by atoms with van der Waals surface area (Å²) < 4.78 is 58.8. The average Bonchev–Trinajstić information content (AvgIpc) is 4.23. The third-order valence-corrected chi connectivity index (χ3v) is 20.3. The summed E-state index contributed by atoms with van der Waals surface area (Å²) in [5.41, 5.74) is 5.56. The number of Topliss-reactive ketones (excluding diaryl/α,β-unsaturated/α-hetero) is 1. The van der Waals surface area contributed by atoms with Gasteiger partial charge in [-0.1, -0.05) is 77.2 Å². The maximum absolute atomic E-state index is 11.2. The summed E-state index contributed by atoms with van der Waals surface area (Å²) in [5, 5.41) is 12.9. The molecule has 2 spiro atoms. The summed E-state index contributed by atoms with van der Waals surface area (Å²) in [5.74, 6) is -0.386. The Morgan fingerprint density at radius 3 is 1.36 bits per heavy atom. The van der Waals surface area contributed by atoms with Gasteiger partial charge >= 0.3 is 7.12 Å². The molecular formula is C55H92BIN6O10Si3. The average molecular weight is 1220 g/mol. The second kappa shape index (κ2) is 27.9. The van der Waals surface area contributed by atoms with Crippen LogP contribution in [0.2, 0.25) is 77.1 Å². The molecule has 0 saturated carbocycles. The van der Waals surface area contributed by atoms with Gasteiger partial charge in [0.25, 0.3) is 0 Å². The third-order valence-electron chi connectivity index (χ3n) is 14.6. The molecule has 0 aromatic carbocycles. The van der Waals surface area contributed by atoms with E-state index in [-0.39, 0.29) is 29.9 Å². The summed E-state index contributed by atoms with van der Waals surface area (Å²) in [6.45, 7) is 36.5. The van der Waals surface area contributed by atoms with Crippen LogP contribution in [0.25, 0.3) is 11.1 Å². The van der Waals surface area contributed by atoms with E-state index in [4.69, 9.17) is 42.5 Å². The van der Waals surface area contributed by atoms with Crippen LogP contribution >= 0.6 is 22.6 Å². The highest BCUT2D eigenvalue weighted by Crippen LogP contribution is 2.43. The van der Waals surface area contributed by atoms with Crippen molar-refractivity contribution in [1.82, 2.24) is 29.3 Å². The van der Waals surface area contributed by atoms with Crippen LogP contribution in [-0.4, -0.2) is 135 Å². The molecule has 21 heteroatoms. The fourth-order valence-corrected chi connectivity index (χ4v) is 11.5. The molecule has 0 unspecified atom stereocenters. The Bertz CT molecular complexity index is 2370. The van der Waals surface area contributed by atoms with Gasteiger partial charge in [0.15, 0.2) is 11.6 Å². The van der Waals surface area contributed by atoms with Crippen molar-refractivity contribution in [3.8, 4) is 0 Å². The van der Waals surface area contributed by atoms with Crippen molar-refractivity contribution >= 4 is 70.9 Å². The van der Waals surface area contributed by atoms with E-state index >= 15 is 0 Å². The van der Waals surface area contributed by atoms with Crippen molar-refractivity contribution in [2.24, 2.45) is 0 Å². The molecule has 6 heterocycles. The van der Waals surface area contributed by atoms with E-state index in [0.29, 0.717) is 52.0 Å². The molecule has 424 valence electrons. The molecule has 3 aromatic rings. The summed E-state index contributed by atoms with van der Waals surface area (Å²) in [7, 11) is -3.20. The van der Waals surface area contributed by atoms with Gasteiger partial charge in [0.05, 0.1) is 59.8 Å². The zero-order chi connectivity index (χ0) is 55.3. The van der Waals surface area contributed by atoms with E-state index in [1.54, 1.807) is 0 Å². The van der Waals surface area contributed by atoms with Gasteiger partial charge in [-0.25, -0.2) is 14.0 Å². The van der Waals surface area contributed by atoms with Gasteiger partial charge in [0.1, 0.15) is 26.0 Å². The molecule has 0 atom stereocenters. The van der Waals surface area contributed by atoms with Crippen LogP contribution in [0, 0.1) is 3.57 Å². The first-order valence-corrected chi connectivity index (χ1v) is 39.9. The molecular weight excluding hydrogens is 1130 g/mol. The maximum atomic E-state index is 11.2. The molecule has 3 saturated heterocycles. The van der Waals surface area contributed by atoms with Gasteiger partial charge < -0.3 is 42.5 Å². The summed E-state index contributed by atoms with van der Waals surface area (Å²) >= 11 is 2.24. The fraction of sp³-hybridized carbons (Fsp3) is 0.709. The number of carbonyl (C=O) groups excluding carboxylic acids is 1. The van der Waals surface area contributed by atoms with Crippen LogP contribution in [0.5, 0.6) is 0 Å².